The first-order valence-electron chi connectivity index (χ1n) is 12.4. The van der Waals surface area contributed by atoms with Gasteiger partial charge in [-0.25, -0.2) is 4.79 Å². The molecule has 1 saturated heterocycles. The Morgan fingerprint density at radius 3 is 2.44 bits per heavy atom. The summed E-state index contributed by atoms with van der Waals surface area (Å²) in [5.41, 5.74) is 0.606. The molecule has 1 N–H and O–H groups in total. The van der Waals surface area contributed by atoms with Crippen molar-refractivity contribution in [2.45, 2.75) is 31.0 Å². The maximum atomic E-state index is 12.7. The van der Waals surface area contributed by atoms with Gasteiger partial charge in [0.1, 0.15) is 6.10 Å². The van der Waals surface area contributed by atoms with Crippen molar-refractivity contribution >= 4 is 16.7 Å². The zero-order chi connectivity index (χ0) is 23.5. The van der Waals surface area contributed by atoms with Gasteiger partial charge in [-0.1, -0.05) is 54.6 Å². The standard InChI is InChI=1S/C29H34N2O3/c1-30-15-17-31(18-16-30)21-26-20-27(34-28(32)23-8-3-2-4-9-23)13-14-29(26,33)25-12-11-22-7-5-6-10-24(22)19-25/h2-12,19,26-27,33H,13-18,20-21H2,1H3. The van der Waals surface area contributed by atoms with Crippen LogP contribution < -0.4 is 0 Å². The fourth-order valence-corrected chi connectivity index (χ4v) is 5.52. The van der Waals surface area contributed by atoms with Crippen LogP contribution in [0.1, 0.15) is 35.2 Å². The predicted octanol–water partition coefficient (Wildman–Crippen LogP) is 4.30. The van der Waals surface area contributed by atoms with Crippen LogP contribution in [0, 0.1) is 5.92 Å². The third-order valence-electron chi connectivity index (χ3n) is 7.68. The number of benzene rings is 3. The summed E-state index contributed by atoms with van der Waals surface area (Å²) in [6.45, 7) is 4.86. The van der Waals surface area contributed by atoms with Crippen LogP contribution in [-0.4, -0.2) is 66.8 Å². The van der Waals surface area contributed by atoms with Crippen LogP contribution in [0.3, 0.4) is 0 Å². The summed E-state index contributed by atoms with van der Waals surface area (Å²) >= 11 is 0. The van der Waals surface area contributed by atoms with E-state index in [9.17, 15) is 9.90 Å². The molecule has 3 aromatic carbocycles. The van der Waals surface area contributed by atoms with Crippen molar-refractivity contribution in [1.82, 2.24) is 9.80 Å². The Bertz CT molecular complexity index is 1130. The predicted molar refractivity (Wildman–Crippen MR) is 135 cm³/mol. The second kappa shape index (κ2) is 9.87. The minimum absolute atomic E-state index is 0.0145. The number of aliphatic hydroxyl groups is 1. The van der Waals surface area contributed by atoms with Gasteiger partial charge in [0.25, 0.3) is 0 Å². The van der Waals surface area contributed by atoms with E-state index in [1.807, 2.05) is 30.3 Å². The van der Waals surface area contributed by atoms with Gasteiger partial charge < -0.3 is 19.6 Å². The Morgan fingerprint density at radius 2 is 1.68 bits per heavy atom. The number of likely N-dealkylation sites (N-methyl/N-ethyl adjacent to an activating group) is 1. The maximum Gasteiger partial charge on any atom is 0.338 e. The van der Waals surface area contributed by atoms with Crippen LogP contribution in [0.25, 0.3) is 10.8 Å². The van der Waals surface area contributed by atoms with E-state index in [1.165, 1.54) is 5.39 Å². The molecule has 0 amide bonds. The van der Waals surface area contributed by atoms with E-state index in [2.05, 4.69) is 47.2 Å². The quantitative estimate of drug-likeness (QED) is 0.578. The fourth-order valence-electron chi connectivity index (χ4n) is 5.52. The second-order valence-electron chi connectivity index (χ2n) is 9.95. The van der Waals surface area contributed by atoms with E-state index in [0.29, 0.717) is 24.8 Å². The third kappa shape index (κ3) is 4.88. The second-order valence-corrected chi connectivity index (χ2v) is 9.95. The summed E-state index contributed by atoms with van der Waals surface area (Å²) < 4.78 is 5.94. The number of carbonyl (C=O) groups is 1. The molecule has 2 aliphatic rings. The van der Waals surface area contributed by atoms with Crippen LogP contribution in [0.4, 0.5) is 0 Å². The van der Waals surface area contributed by atoms with Gasteiger partial charge >= 0.3 is 5.97 Å². The first-order valence-corrected chi connectivity index (χ1v) is 12.4. The lowest BCUT2D eigenvalue weighted by molar-refractivity contribution is -0.100. The lowest BCUT2D eigenvalue weighted by atomic mass is 9.70. The van der Waals surface area contributed by atoms with Crippen molar-refractivity contribution in [3.8, 4) is 0 Å². The van der Waals surface area contributed by atoms with Gasteiger partial charge in [0.05, 0.1) is 11.2 Å². The lowest BCUT2D eigenvalue weighted by Crippen LogP contribution is -2.52. The highest BCUT2D eigenvalue weighted by Gasteiger charge is 2.45. The molecular formula is C29H34N2O3. The van der Waals surface area contributed by atoms with Gasteiger partial charge in [0.2, 0.25) is 0 Å². The summed E-state index contributed by atoms with van der Waals surface area (Å²) in [7, 11) is 2.16. The van der Waals surface area contributed by atoms with Crippen LogP contribution in [0.2, 0.25) is 0 Å². The zero-order valence-electron chi connectivity index (χ0n) is 19.9. The first kappa shape index (κ1) is 23.0. The van der Waals surface area contributed by atoms with Crippen molar-refractivity contribution in [3.05, 3.63) is 83.9 Å². The molecule has 5 nitrogen and oxygen atoms in total. The van der Waals surface area contributed by atoms with Crippen molar-refractivity contribution < 1.29 is 14.6 Å². The molecule has 3 unspecified atom stereocenters. The number of esters is 1. The molecule has 3 atom stereocenters. The highest BCUT2D eigenvalue weighted by Crippen LogP contribution is 2.44. The molecule has 178 valence electrons. The zero-order valence-corrected chi connectivity index (χ0v) is 19.9. The van der Waals surface area contributed by atoms with E-state index >= 15 is 0 Å². The highest BCUT2D eigenvalue weighted by atomic mass is 16.5. The monoisotopic (exact) mass is 458 g/mol. The molecule has 0 bridgehead atoms. The van der Waals surface area contributed by atoms with Gasteiger partial charge in [0, 0.05) is 38.6 Å². The molecule has 5 heteroatoms. The molecule has 0 radical (unpaired) electrons. The van der Waals surface area contributed by atoms with E-state index in [0.717, 1.165) is 43.7 Å². The lowest BCUT2D eigenvalue weighted by Gasteiger charge is -2.46. The Kier molecular flexibility index (Phi) is 6.68. The average molecular weight is 459 g/mol. The van der Waals surface area contributed by atoms with Crippen LogP contribution >= 0.6 is 0 Å². The summed E-state index contributed by atoms with van der Waals surface area (Å²) in [5.74, 6) is -0.292. The minimum atomic E-state index is -0.941. The Morgan fingerprint density at radius 1 is 0.971 bits per heavy atom. The minimum Gasteiger partial charge on any atom is -0.459 e. The number of hydrogen-bond acceptors (Lipinski definition) is 5. The Labute approximate surface area is 201 Å². The molecule has 2 fully saturated rings. The number of fused-ring (bicyclic) bond motifs is 1. The van der Waals surface area contributed by atoms with E-state index in [4.69, 9.17) is 4.74 Å². The van der Waals surface area contributed by atoms with Crippen molar-refractivity contribution in [1.29, 1.82) is 0 Å². The average Bonchev–Trinajstić information content (AvgIpc) is 2.87. The molecule has 3 aromatic rings. The number of nitrogens with zero attached hydrogens (tertiary/aromatic N) is 2. The normalized spacial score (nSPS) is 26.4. The van der Waals surface area contributed by atoms with Gasteiger partial charge in [0.15, 0.2) is 0 Å². The Balaban J connectivity index is 1.39. The molecular weight excluding hydrogens is 424 g/mol. The van der Waals surface area contributed by atoms with Gasteiger partial charge in [-0.15, -0.1) is 0 Å². The maximum absolute atomic E-state index is 12.7. The highest BCUT2D eigenvalue weighted by molar-refractivity contribution is 5.89. The third-order valence-corrected chi connectivity index (χ3v) is 7.68. The summed E-state index contributed by atoms with van der Waals surface area (Å²) in [5, 5.41) is 14.5. The van der Waals surface area contributed by atoms with Crippen molar-refractivity contribution in [2.75, 3.05) is 39.8 Å². The number of carbonyl (C=O) groups excluding carboxylic acids is 1. The number of rotatable bonds is 5. The Hall–Kier alpha value is -2.73. The SMILES string of the molecule is CN1CCN(CC2CC(OC(=O)c3ccccc3)CCC2(O)c2ccc3ccccc3c2)CC1. The van der Waals surface area contributed by atoms with Crippen molar-refractivity contribution in [3.63, 3.8) is 0 Å². The molecule has 1 saturated carbocycles. The molecule has 5 rings (SSSR count). The van der Waals surface area contributed by atoms with Gasteiger partial charge in [-0.05, 0) is 60.8 Å². The van der Waals surface area contributed by atoms with Gasteiger partial charge in [-0.2, -0.15) is 0 Å². The molecule has 1 aliphatic heterocycles. The summed E-state index contributed by atoms with van der Waals surface area (Å²) in [6, 6.07) is 23.8. The summed E-state index contributed by atoms with van der Waals surface area (Å²) in [6.07, 6.45) is 1.71. The topological polar surface area (TPSA) is 53.0 Å². The molecule has 34 heavy (non-hydrogen) atoms. The number of hydrogen-bond donors (Lipinski definition) is 1. The van der Waals surface area contributed by atoms with Crippen LogP contribution in [0.15, 0.2) is 72.8 Å². The van der Waals surface area contributed by atoms with E-state index in [1.54, 1.807) is 12.1 Å². The smallest absolute Gasteiger partial charge is 0.338 e. The van der Waals surface area contributed by atoms with Crippen LogP contribution in [-0.2, 0) is 10.3 Å². The summed E-state index contributed by atoms with van der Waals surface area (Å²) in [4.78, 5) is 17.5. The number of ether oxygens (including phenoxy) is 1. The molecule has 1 aliphatic carbocycles. The number of piperazine rings is 1. The molecule has 1 heterocycles. The largest absolute Gasteiger partial charge is 0.459 e. The van der Waals surface area contributed by atoms with E-state index in [-0.39, 0.29) is 18.0 Å². The van der Waals surface area contributed by atoms with Crippen molar-refractivity contribution in [2.24, 2.45) is 5.92 Å². The fraction of sp³-hybridized carbons (Fsp3) is 0.414. The van der Waals surface area contributed by atoms with Crippen LogP contribution in [0.5, 0.6) is 0 Å². The van der Waals surface area contributed by atoms with E-state index < -0.39 is 5.60 Å². The molecule has 0 spiro atoms. The first-order chi connectivity index (χ1) is 16.5. The van der Waals surface area contributed by atoms with Gasteiger partial charge in [-0.3, -0.25) is 0 Å². The molecule has 0 aromatic heterocycles.